The van der Waals surface area contributed by atoms with Crippen LogP contribution in [0, 0.1) is 0 Å². The lowest BCUT2D eigenvalue weighted by molar-refractivity contribution is -0.180. The van der Waals surface area contributed by atoms with Gasteiger partial charge in [0, 0.05) is 12.8 Å². The molecule has 1 aliphatic heterocycles. The van der Waals surface area contributed by atoms with Crippen molar-refractivity contribution in [2.24, 2.45) is 0 Å². The first kappa shape index (κ1) is 45.9. The SMILES string of the molecule is CCCCC/C=C\C/C=C\CCCCCCCCC1(CCCCCCCC/C=C\C/C=C\CCCCC)OCC(CCCN(C)CCC)O1. The van der Waals surface area contributed by atoms with Crippen LogP contribution in [0.3, 0.4) is 0 Å². The Morgan fingerprint density at radius 3 is 1.37 bits per heavy atom. The summed E-state index contributed by atoms with van der Waals surface area (Å²) in [6, 6.07) is 0. The highest BCUT2D eigenvalue weighted by Gasteiger charge is 2.40. The average Bonchev–Trinajstić information content (AvgIpc) is 3.50. The van der Waals surface area contributed by atoms with Crippen molar-refractivity contribution in [1.82, 2.24) is 4.90 Å². The molecule has 1 fully saturated rings. The summed E-state index contributed by atoms with van der Waals surface area (Å²) in [5, 5.41) is 0. The average molecular weight is 684 g/mol. The molecular weight excluding hydrogens is 599 g/mol. The summed E-state index contributed by atoms with van der Waals surface area (Å²) < 4.78 is 13.3. The van der Waals surface area contributed by atoms with Crippen LogP contribution in [0.4, 0.5) is 0 Å². The summed E-state index contributed by atoms with van der Waals surface area (Å²) in [5.41, 5.74) is 0. The number of hydrogen-bond donors (Lipinski definition) is 0. The fourth-order valence-electron chi connectivity index (χ4n) is 6.99. The molecule has 0 saturated carbocycles. The lowest BCUT2D eigenvalue weighted by Gasteiger charge is -2.28. The Kier molecular flexibility index (Phi) is 33.0. The predicted molar refractivity (Wildman–Crippen MR) is 219 cm³/mol. The van der Waals surface area contributed by atoms with Crippen LogP contribution < -0.4 is 0 Å². The molecule has 286 valence electrons. The zero-order valence-electron chi connectivity index (χ0n) is 33.6. The summed E-state index contributed by atoms with van der Waals surface area (Å²) in [5.74, 6) is -0.315. The Hall–Kier alpha value is -1.16. The van der Waals surface area contributed by atoms with Gasteiger partial charge < -0.3 is 14.4 Å². The monoisotopic (exact) mass is 684 g/mol. The van der Waals surface area contributed by atoms with Gasteiger partial charge in [-0.05, 0) is 116 Å². The standard InChI is InChI=1S/C46H85NO2/c1-5-8-10-12-14-16-18-20-22-24-26-28-30-32-34-36-40-46(48-44-45(49-46)39-38-43-47(4)42-7-3)41-37-35-33-31-29-27-25-23-21-19-17-15-13-11-9-6-2/h14-17,20-23,45H,5-13,18-19,24-44H2,1-4H3/b16-14-,17-15-,22-20-,23-21-. The molecule has 1 rings (SSSR count). The van der Waals surface area contributed by atoms with Crippen molar-refractivity contribution < 1.29 is 9.47 Å². The summed E-state index contributed by atoms with van der Waals surface area (Å²) in [4.78, 5) is 2.46. The number of allylic oxidation sites excluding steroid dienone is 8. The van der Waals surface area contributed by atoms with Gasteiger partial charge in [0.15, 0.2) is 5.79 Å². The molecule has 3 nitrogen and oxygen atoms in total. The molecule has 1 saturated heterocycles. The van der Waals surface area contributed by atoms with Crippen LogP contribution in [-0.2, 0) is 9.47 Å². The molecule has 0 aromatic rings. The van der Waals surface area contributed by atoms with E-state index in [9.17, 15) is 0 Å². The summed E-state index contributed by atoms with van der Waals surface area (Å²) in [6.45, 7) is 9.95. The first-order valence-corrected chi connectivity index (χ1v) is 21.8. The number of ether oxygens (including phenoxy) is 2. The van der Waals surface area contributed by atoms with Crippen molar-refractivity contribution >= 4 is 0 Å². The van der Waals surface area contributed by atoms with E-state index < -0.39 is 0 Å². The van der Waals surface area contributed by atoms with E-state index in [0.29, 0.717) is 0 Å². The maximum atomic E-state index is 6.77. The van der Waals surface area contributed by atoms with Crippen molar-refractivity contribution in [3.05, 3.63) is 48.6 Å². The molecule has 0 spiro atoms. The normalized spacial score (nSPS) is 16.6. The Bertz CT molecular complexity index is 751. The Labute approximate surface area is 307 Å². The molecule has 0 N–H and O–H groups in total. The first-order chi connectivity index (χ1) is 24.2. The first-order valence-electron chi connectivity index (χ1n) is 21.8. The molecule has 1 heterocycles. The van der Waals surface area contributed by atoms with Crippen LogP contribution >= 0.6 is 0 Å². The number of rotatable bonds is 36. The van der Waals surface area contributed by atoms with Gasteiger partial charge in [0.2, 0.25) is 0 Å². The maximum Gasteiger partial charge on any atom is 0.168 e. The number of unbranched alkanes of at least 4 members (excludes halogenated alkanes) is 18. The van der Waals surface area contributed by atoms with E-state index in [2.05, 4.69) is 81.3 Å². The van der Waals surface area contributed by atoms with Gasteiger partial charge >= 0.3 is 0 Å². The number of nitrogens with zero attached hydrogens (tertiary/aromatic N) is 1. The molecule has 0 bridgehead atoms. The second-order valence-electron chi connectivity index (χ2n) is 15.1. The quantitative estimate of drug-likeness (QED) is 0.0485. The van der Waals surface area contributed by atoms with Gasteiger partial charge in [-0.3, -0.25) is 0 Å². The van der Waals surface area contributed by atoms with Crippen LogP contribution in [0.25, 0.3) is 0 Å². The minimum atomic E-state index is -0.315. The highest BCUT2D eigenvalue weighted by atomic mass is 16.7. The third-order valence-electron chi connectivity index (χ3n) is 10.1. The minimum absolute atomic E-state index is 0.282. The summed E-state index contributed by atoms with van der Waals surface area (Å²) >= 11 is 0. The van der Waals surface area contributed by atoms with Crippen molar-refractivity contribution in [2.45, 2.75) is 219 Å². The third-order valence-corrected chi connectivity index (χ3v) is 10.1. The highest BCUT2D eigenvalue weighted by molar-refractivity contribution is 4.93. The molecule has 1 atom stereocenters. The van der Waals surface area contributed by atoms with E-state index in [-0.39, 0.29) is 11.9 Å². The Morgan fingerprint density at radius 1 is 0.490 bits per heavy atom. The molecule has 0 aromatic heterocycles. The molecule has 0 amide bonds. The van der Waals surface area contributed by atoms with Gasteiger partial charge in [-0.2, -0.15) is 0 Å². The van der Waals surface area contributed by atoms with Gasteiger partial charge in [0.25, 0.3) is 0 Å². The predicted octanol–water partition coefficient (Wildman–Crippen LogP) is 14.6. The van der Waals surface area contributed by atoms with E-state index in [0.717, 1.165) is 38.7 Å². The van der Waals surface area contributed by atoms with Crippen LogP contribution in [0.1, 0.15) is 207 Å². The lowest BCUT2D eigenvalue weighted by atomic mass is 9.98. The number of hydrogen-bond acceptors (Lipinski definition) is 3. The van der Waals surface area contributed by atoms with Crippen molar-refractivity contribution in [3.8, 4) is 0 Å². The lowest BCUT2D eigenvalue weighted by Crippen LogP contribution is -2.31. The summed E-state index contributed by atoms with van der Waals surface area (Å²) in [7, 11) is 2.25. The van der Waals surface area contributed by atoms with Crippen LogP contribution in [0.5, 0.6) is 0 Å². The molecule has 3 heteroatoms. The Morgan fingerprint density at radius 2 is 0.918 bits per heavy atom. The van der Waals surface area contributed by atoms with Crippen LogP contribution in [0.2, 0.25) is 0 Å². The second kappa shape index (κ2) is 35.3. The Balaban J connectivity index is 2.24. The van der Waals surface area contributed by atoms with Gasteiger partial charge in [0.05, 0.1) is 12.7 Å². The van der Waals surface area contributed by atoms with Crippen molar-refractivity contribution in [3.63, 3.8) is 0 Å². The van der Waals surface area contributed by atoms with Crippen molar-refractivity contribution in [1.29, 1.82) is 0 Å². The minimum Gasteiger partial charge on any atom is -0.347 e. The van der Waals surface area contributed by atoms with E-state index in [1.165, 1.54) is 167 Å². The van der Waals surface area contributed by atoms with Crippen LogP contribution in [-0.4, -0.2) is 43.5 Å². The van der Waals surface area contributed by atoms with Crippen molar-refractivity contribution in [2.75, 3.05) is 26.7 Å². The summed E-state index contributed by atoms with van der Waals surface area (Å²) in [6.07, 6.45) is 55.9. The smallest absolute Gasteiger partial charge is 0.168 e. The van der Waals surface area contributed by atoms with E-state index in [4.69, 9.17) is 9.47 Å². The fourth-order valence-corrected chi connectivity index (χ4v) is 6.99. The van der Waals surface area contributed by atoms with Crippen LogP contribution in [0.15, 0.2) is 48.6 Å². The second-order valence-corrected chi connectivity index (χ2v) is 15.1. The van der Waals surface area contributed by atoms with E-state index >= 15 is 0 Å². The van der Waals surface area contributed by atoms with E-state index in [1.807, 2.05) is 0 Å². The molecular formula is C46H85NO2. The van der Waals surface area contributed by atoms with Gasteiger partial charge in [-0.15, -0.1) is 0 Å². The molecule has 0 radical (unpaired) electrons. The van der Waals surface area contributed by atoms with E-state index in [1.54, 1.807) is 0 Å². The third kappa shape index (κ3) is 29.2. The largest absolute Gasteiger partial charge is 0.347 e. The zero-order chi connectivity index (χ0) is 35.4. The zero-order valence-corrected chi connectivity index (χ0v) is 33.6. The fraction of sp³-hybridized carbons (Fsp3) is 0.826. The molecule has 49 heavy (non-hydrogen) atoms. The van der Waals surface area contributed by atoms with Gasteiger partial charge in [0.1, 0.15) is 0 Å². The molecule has 0 aliphatic carbocycles. The topological polar surface area (TPSA) is 21.7 Å². The van der Waals surface area contributed by atoms with Gasteiger partial charge in [-0.1, -0.05) is 146 Å². The molecule has 1 unspecified atom stereocenters. The highest BCUT2D eigenvalue weighted by Crippen LogP contribution is 2.36. The molecule has 0 aromatic carbocycles. The molecule has 1 aliphatic rings. The maximum absolute atomic E-state index is 6.77. The van der Waals surface area contributed by atoms with Gasteiger partial charge in [-0.25, -0.2) is 0 Å².